The number of rotatable bonds is 1. The van der Waals surface area contributed by atoms with E-state index in [9.17, 15) is 5.11 Å². The van der Waals surface area contributed by atoms with Crippen LogP contribution >= 0.6 is 0 Å². The van der Waals surface area contributed by atoms with Crippen molar-refractivity contribution in [2.24, 2.45) is 5.92 Å². The molecule has 0 unspecified atom stereocenters. The minimum absolute atomic E-state index is 0.0498. The normalized spacial score (nSPS) is 41.7. The van der Waals surface area contributed by atoms with Gasteiger partial charge in [0.1, 0.15) is 0 Å². The summed E-state index contributed by atoms with van der Waals surface area (Å²) in [6.07, 6.45) is 0.865. The van der Waals surface area contributed by atoms with Gasteiger partial charge in [-0.2, -0.15) is 0 Å². The van der Waals surface area contributed by atoms with Gasteiger partial charge in [0.05, 0.1) is 5.60 Å². The van der Waals surface area contributed by atoms with E-state index < -0.39 is 5.60 Å². The third kappa shape index (κ3) is 1.48. The molecular formula is C7H15NO2. The molecule has 0 aromatic carbocycles. The first-order valence-corrected chi connectivity index (χ1v) is 3.71. The summed E-state index contributed by atoms with van der Waals surface area (Å²) in [5.41, 5.74) is -0.715. The van der Waals surface area contributed by atoms with Gasteiger partial charge in [0, 0.05) is 19.1 Å². The van der Waals surface area contributed by atoms with Crippen molar-refractivity contribution in [3.8, 4) is 0 Å². The molecule has 3 nitrogen and oxygen atoms in total. The van der Waals surface area contributed by atoms with Gasteiger partial charge in [-0.3, -0.25) is 0 Å². The monoisotopic (exact) mass is 145 g/mol. The van der Waals surface area contributed by atoms with Crippen LogP contribution in [-0.4, -0.2) is 35.5 Å². The van der Waals surface area contributed by atoms with Gasteiger partial charge in [-0.25, -0.2) is 0 Å². The summed E-state index contributed by atoms with van der Waals surface area (Å²) < 4.78 is 0. The molecule has 1 aliphatic rings. The maximum atomic E-state index is 9.61. The Balaban J connectivity index is 2.51. The molecule has 10 heavy (non-hydrogen) atoms. The van der Waals surface area contributed by atoms with Crippen LogP contribution in [0, 0.1) is 5.92 Å². The van der Waals surface area contributed by atoms with E-state index in [1.54, 1.807) is 6.92 Å². The Labute approximate surface area is 61.1 Å². The molecule has 1 aliphatic heterocycles. The first-order chi connectivity index (χ1) is 4.67. The van der Waals surface area contributed by atoms with Crippen LogP contribution in [0.2, 0.25) is 0 Å². The Hall–Kier alpha value is -0.120. The average molecular weight is 145 g/mol. The van der Waals surface area contributed by atoms with Crippen molar-refractivity contribution in [1.29, 1.82) is 0 Å². The van der Waals surface area contributed by atoms with Crippen LogP contribution < -0.4 is 5.32 Å². The van der Waals surface area contributed by atoms with Gasteiger partial charge in [-0.1, -0.05) is 0 Å². The van der Waals surface area contributed by atoms with E-state index >= 15 is 0 Å². The fourth-order valence-corrected chi connectivity index (χ4v) is 1.36. The van der Waals surface area contributed by atoms with Crippen molar-refractivity contribution in [3.05, 3.63) is 0 Å². The number of aliphatic hydroxyl groups excluding tert-OH is 1. The van der Waals surface area contributed by atoms with Crippen LogP contribution in [0.5, 0.6) is 0 Å². The highest BCUT2D eigenvalue weighted by Gasteiger charge is 2.33. The first kappa shape index (κ1) is 7.98. The molecule has 3 heteroatoms. The van der Waals surface area contributed by atoms with Crippen LogP contribution in [0.25, 0.3) is 0 Å². The number of piperidine rings is 1. The van der Waals surface area contributed by atoms with Crippen molar-refractivity contribution in [3.63, 3.8) is 0 Å². The Morgan fingerprint density at radius 2 is 2.40 bits per heavy atom. The second-order valence-corrected chi connectivity index (χ2v) is 3.20. The number of hydrogen-bond donors (Lipinski definition) is 3. The summed E-state index contributed by atoms with van der Waals surface area (Å²) in [6, 6.07) is 0. The summed E-state index contributed by atoms with van der Waals surface area (Å²) in [5.74, 6) is 0.0498. The van der Waals surface area contributed by atoms with Crippen molar-refractivity contribution in [1.82, 2.24) is 5.32 Å². The number of hydrogen-bond acceptors (Lipinski definition) is 3. The molecule has 3 N–H and O–H groups in total. The van der Waals surface area contributed by atoms with Gasteiger partial charge in [-0.15, -0.1) is 0 Å². The highest BCUT2D eigenvalue weighted by molar-refractivity contribution is 4.87. The Bertz CT molecular complexity index is 114. The van der Waals surface area contributed by atoms with E-state index in [2.05, 4.69) is 5.32 Å². The van der Waals surface area contributed by atoms with Crippen molar-refractivity contribution >= 4 is 0 Å². The molecule has 0 bridgehead atoms. The maximum absolute atomic E-state index is 9.61. The lowest BCUT2D eigenvalue weighted by molar-refractivity contribution is -0.0408. The molecule has 0 amide bonds. The number of β-amino-alcohol motifs (C(OH)–C–C–N with tert-alkyl or cyclic N) is 1. The molecule has 2 atom stereocenters. The second-order valence-electron chi connectivity index (χ2n) is 3.20. The average Bonchev–Trinajstić information content (AvgIpc) is 1.87. The van der Waals surface area contributed by atoms with E-state index in [0.29, 0.717) is 6.54 Å². The highest BCUT2D eigenvalue weighted by Crippen LogP contribution is 2.21. The van der Waals surface area contributed by atoms with Crippen LogP contribution in [-0.2, 0) is 0 Å². The smallest absolute Gasteiger partial charge is 0.0793 e. The molecule has 1 fully saturated rings. The van der Waals surface area contributed by atoms with E-state index in [-0.39, 0.29) is 12.5 Å². The van der Waals surface area contributed by atoms with E-state index in [0.717, 1.165) is 13.0 Å². The summed E-state index contributed by atoms with van der Waals surface area (Å²) >= 11 is 0. The van der Waals surface area contributed by atoms with Gasteiger partial charge in [0.2, 0.25) is 0 Å². The molecular weight excluding hydrogens is 130 g/mol. The fraction of sp³-hybridized carbons (Fsp3) is 1.00. The predicted octanol–water partition coefficient (Wildman–Crippen LogP) is -0.661. The van der Waals surface area contributed by atoms with E-state index in [1.807, 2.05) is 0 Å². The third-order valence-corrected chi connectivity index (χ3v) is 2.25. The molecule has 0 aliphatic carbocycles. The van der Waals surface area contributed by atoms with E-state index in [1.165, 1.54) is 0 Å². The van der Waals surface area contributed by atoms with Gasteiger partial charge < -0.3 is 15.5 Å². The zero-order valence-electron chi connectivity index (χ0n) is 6.30. The van der Waals surface area contributed by atoms with E-state index in [4.69, 9.17) is 5.11 Å². The van der Waals surface area contributed by atoms with Crippen molar-refractivity contribution in [2.45, 2.75) is 18.9 Å². The fourth-order valence-electron chi connectivity index (χ4n) is 1.36. The first-order valence-electron chi connectivity index (χ1n) is 3.71. The Kier molecular flexibility index (Phi) is 2.28. The third-order valence-electron chi connectivity index (χ3n) is 2.25. The molecule has 1 rings (SSSR count). The van der Waals surface area contributed by atoms with Crippen LogP contribution in [0.4, 0.5) is 0 Å². The minimum Gasteiger partial charge on any atom is -0.396 e. The molecule has 0 spiro atoms. The molecule has 1 heterocycles. The minimum atomic E-state index is -0.715. The van der Waals surface area contributed by atoms with Crippen molar-refractivity contribution < 1.29 is 10.2 Å². The lowest BCUT2D eigenvalue weighted by Crippen LogP contribution is -2.51. The van der Waals surface area contributed by atoms with Gasteiger partial charge >= 0.3 is 0 Å². The summed E-state index contributed by atoms with van der Waals surface area (Å²) in [5, 5.41) is 21.5. The molecule has 1 saturated heterocycles. The second kappa shape index (κ2) is 2.86. The maximum Gasteiger partial charge on any atom is 0.0793 e. The van der Waals surface area contributed by atoms with Crippen molar-refractivity contribution in [2.75, 3.05) is 19.7 Å². The SMILES string of the molecule is C[C@]1(O)CNCC[C@H]1CO. The molecule has 0 saturated carbocycles. The lowest BCUT2D eigenvalue weighted by atomic mass is 9.84. The zero-order chi connectivity index (χ0) is 7.61. The summed E-state index contributed by atoms with van der Waals surface area (Å²) in [7, 11) is 0. The zero-order valence-corrected chi connectivity index (χ0v) is 6.30. The summed E-state index contributed by atoms with van der Waals surface area (Å²) in [6.45, 7) is 3.36. The predicted molar refractivity (Wildman–Crippen MR) is 38.7 cm³/mol. The van der Waals surface area contributed by atoms with Gasteiger partial charge in [0.25, 0.3) is 0 Å². The topological polar surface area (TPSA) is 52.5 Å². The Morgan fingerprint density at radius 1 is 1.70 bits per heavy atom. The Morgan fingerprint density at radius 3 is 2.80 bits per heavy atom. The molecule has 0 radical (unpaired) electrons. The van der Waals surface area contributed by atoms with Crippen LogP contribution in [0.3, 0.4) is 0 Å². The lowest BCUT2D eigenvalue weighted by Gasteiger charge is -2.36. The molecule has 0 aromatic rings. The number of nitrogens with one attached hydrogen (secondary N) is 1. The number of aliphatic hydroxyl groups is 2. The molecule has 0 aromatic heterocycles. The largest absolute Gasteiger partial charge is 0.396 e. The van der Waals surface area contributed by atoms with Crippen LogP contribution in [0.1, 0.15) is 13.3 Å². The highest BCUT2D eigenvalue weighted by atomic mass is 16.3. The van der Waals surface area contributed by atoms with Crippen LogP contribution in [0.15, 0.2) is 0 Å². The van der Waals surface area contributed by atoms with Gasteiger partial charge in [0.15, 0.2) is 0 Å². The van der Waals surface area contributed by atoms with Gasteiger partial charge in [-0.05, 0) is 19.9 Å². The standard InChI is InChI=1S/C7H15NO2/c1-7(10)5-8-3-2-6(7)4-9/h6,8-10H,2-5H2,1H3/t6-,7-/m0/s1. The molecule has 60 valence electrons. The quantitative estimate of drug-likeness (QED) is 0.459. The summed E-state index contributed by atoms with van der Waals surface area (Å²) in [4.78, 5) is 0.